The molecule has 1 aliphatic heterocycles. The van der Waals surface area contributed by atoms with E-state index in [0.29, 0.717) is 11.1 Å². The molecule has 118 valence electrons. The van der Waals surface area contributed by atoms with Crippen molar-refractivity contribution in [2.24, 2.45) is 0 Å². The fraction of sp³-hybridized carbons (Fsp3) is 0.500. The summed E-state index contributed by atoms with van der Waals surface area (Å²) in [6.07, 6.45) is 4.86. The number of rotatable bonds is 5. The van der Waals surface area contributed by atoms with Gasteiger partial charge in [0.15, 0.2) is 0 Å². The minimum Gasteiger partial charge on any atom is -0.393 e. The largest absolute Gasteiger partial charge is 0.393 e. The molecular formula is C16H21ClN4O. The molecule has 0 spiro atoms. The van der Waals surface area contributed by atoms with Gasteiger partial charge in [-0.3, -0.25) is 4.90 Å². The molecule has 1 N–H and O–H groups in total. The van der Waals surface area contributed by atoms with Crippen molar-refractivity contribution >= 4 is 11.6 Å². The Hall–Kier alpha value is -1.43. The van der Waals surface area contributed by atoms with Gasteiger partial charge in [-0.1, -0.05) is 16.8 Å². The fourth-order valence-corrected chi connectivity index (χ4v) is 3.19. The molecule has 5 nitrogen and oxygen atoms in total. The molecule has 1 fully saturated rings. The van der Waals surface area contributed by atoms with Crippen molar-refractivity contribution in [1.82, 2.24) is 19.9 Å². The van der Waals surface area contributed by atoms with Gasteiger partial charge in [0.2, 0.25) is 0 Å². The number of aliphatic hydroxyl groups excluding tert-OH is 1. The van der Waals surface area contributed by atoms with Crippen molar-refractivity contribution in [2.75, 3.05) is 6.54 Å². The van der Waals surface area contributed by atoms with Gasteiger partial charge in [-0.25, -0.2) is 4.68 Å². The van der Waals surface area contributed by atoms with E-state index >= 15 is 0 Å². The molecule has 2 unspecified atom stereocenters. The smallest absolute Gasteiger partial charge is 0.0971 e. The third-order valence-corrected chi connectivity index (χ3v) is 4.36. The topological polar surface area (TPSA) is 54.2 Å². The third kappa shape index (κ3) is 3.66. The highest BCUT2D eigenvalue weighted by molar-refractivity contribution is 6.30. The summed E-state index contributed by atoms with van der Waals surface area (Å²) < 4.78 is 1.77. The first-order valence-corrected chi connectivity index (χ1v) is 8.09. The van der Waals surface area contributed by atoms with E-state index in [1.54, 1.807) is 4.68 Å². The van der Waals surface area contributed by atoms with E-state index in [1.807, 2.05) is 37.4 Å². The monoisotopic (exact) mass is 320 g/mol. The van der Waals surface area contributed by atoms with E-state index in [9.17, 15) is 5.11 Å². The van der Waals surface area contributed by atoms with Crippen molar-refractivity contribution in [1.29, 1.82) is 0 Å². The van der Waals surface area contributed by atoms with Crippen LogP contribution >= 0.6 is 11.6 Å². The van der Waals surface area contributed by atoms with Crippen molar-refractivity contribution in [3.63, 3.8) is 0 Å². The number of aromatic nitrogens is 3. The quantitative estimate of drug-likeness (QED) is 0.920. The lowest BCUT2D eigenvalue weighted by Gasteiger charge is -2.24. The van der Waals surface area contributed by atoms with Gasteiger partial charge >= 0.3 is 0 Å². The molecule has 2 aromatic rings. The highest BCUT2D eigenvalue weighted by Crippen LogP contribution is 2.23. The first kappa shape index (κ1) is 15.5. The van der Waals surface area contributed by atoms with Gasteiger partial charge in [-0.2, -0.15) is 0 Å². The summed E-state index contributed by atoms with van der Waals surface area (Å²) in [4.78, 5) is 2.39. The minimum absolute atomic E-state index is 0.254. The van der Waals surface area contributed by atoms with Gasteiger partial charge in [0.25, 0.3) is 0 Å². The highest BCUT2D eigenvalue weighted by Gasteiger charge is 2.26. The molecule has 0 amide bonds. The molecule has 1 aliphatic rings. The van der Waals surface area contributed by atoms with Gasteiger partial charge < -0.3 is 5.11 Å². The summed E-state index contributed by atoms with van der Waals surface area (Å²) in [7, 11) is 0. The Morgan fingerprint density at radius 2 is 2.14 bits per heavy atom. The third-order valence-electron chi connectivity index (χ3n) is 4.11. The lowest BCUT2D eigenvalue weighted by molar-refractivity contribution is 0.130. The fourth-order valence-electron chi connectivity index (χ4n) is 3.06. The SMILES string of the molecule is CC(O)CC1CCCN1Cc1cn(-c2ccc(Cl)cc2)nn1. The molecule has 0 saturated carbocycles. The Balaban J connectivity index is 1.67. The summed E-state index contributed by atoms with van der Waals surface area (Å²) in [5, 5.41) is 18.8. The molecule has 0 radical (unpaired) electrons. The van der Waals surface area contributed by atoms with Crippen LogP contribution in [0.25, 0.3) is 5.69 Å². The van der Waals surface area contributed by atoms with Crippen LogP contribution in [0.4, 0.5) is 0 Å². The summed E-state index contributed by atoms with van der Waals surface area (Å²) >= 11 is 5.90. The molecule has 0 aliphatic carbocycles. The van der Waals surface area contributed by atoms with Crippen LogP contribution in [-0.4, -0.2) is 43.7 Å². The van der Waals surface area contributed by atoms with E-state index < -0.39 is 0 Å². The number of hydrogen-bond donors (Lipinski definition) is 1. The molecule has 6 heteroatoms. The minimum atomic E-state index is -0.254. The Morgan fingerprint density at radius 1 is 1.36 bits per heavy atom. The van der Waals surface area contributed by atoms with Crippen LogP contribution in [0.1, 0.15) is 31.9 Å². The molecular weight excluding hydrogens is 300 g/mol. The van der Waals surface area contributed by atoms with E-state index in [4.69, 9.17) is 11.6 Å². The van der Waals surface area contributed by atoms with Crippen LogP contribution in [0.5, 0.6) is 0 Å². The lowest BCUT2D eigenvalue weighted by Crippen LogP contribution is -2.31. The number of aliphatic hydroxyl groups is 1. The van der Waals surface area contributed by atoms with Gasteiger partial charge in [-0.15, -0.1) is 5.10 Å². The van der Waals surface area contributed by atoms with E-state index in [-0.39, 0.29) is 6.10 Å². The molecule has 2 atom stereocenters. The van der Waals surface area contributed by atoms with Crippen LogP contribution in [0.2, 0.25) is 5.02 Å². The number of nitrogens with zero attached hydrogens (tertiary/aromatic N) is 4. The predicted molar refractivity (Wildman–Crippen MR) is 86.1 cm³/mol. The number of hydrogen-bond acceptors (Lipinski definition) is 4. The van der Waals surface area contributed by atoms with Crippen LogP contribution in [-0.2, 0) is 6.54 Å². The molecule has 1 aromatic carbocycles. The molecule has 1 saturated heterocycles. The Morgan fingerprint density at radius 3 is 2.86 bits per heavy atom. The molecule has 0 bridgehead atoms. The van der Waals surface area contributed by atoms with E-state index in [0.717, 1.165) is 37.3 Å². The second kappa shape index (κ2) is 6.77. The molecule has 1 aromatic heterocycles. The van der Waals surface area contributed by atoms with Gasteiger partial charge in [-0.05, 0) is 57.0 Å². The average molecular weight is 321 g/mol. The van der Waals surface area contributed by atoms with Crippen LogP contribution in [0.3, 0.4) is 0 Å². The summed E-state index contributed by atoms with van der Waals surface area (Å²) in [5.74, 6) is 0. The summed E-state index contributed by atoms with van der Waals surface area (Å²) in [6.45, 7) is 3.70. The summed E-state index contributed by atoms with van der Waals surface area (Å²) in [5.41, 5.74) is 1.90. The van der Waals surface area contributed by atoms with Crippen LogP contribution in [0.15, 0.2) is 30.5 Å². The molecule has 3 rings (SSSR count). The van der Waals surface area contributed by atoms with Crippen molar-refractivity contribution in [3.8, 4) is 5.69 Å². The number of benzene rings is 1. The predicted octanol–water partition coefficient (Wildman–Crippen LogP) is 2.66. The molecule has 2 heterocycles. The van der Waals surface area contributed by atoms with Gasteiger partial charge in [0.1, 0.15) is 0 Å². The van der Waals surface area contributed by atoms with E-state index in [2.05, 4.69) is 15.2 Å². The van der Waals surface area contributed by atoms with Crippen LogP contribution < -0.4 is 0 Å². The van der Waals surface area contributed by atoms with Gasteiger partial charge in [0.05, 0.1) is 23.7 Å². The first-order valence-electron chi connectivity index (χ1n) is 7.71. The van der Waals surface area contributed by atoms with Gasteiger partial charge in [0, 0.05) is 17.6 Å². The lowest BCUT2D eigenvalue weighted by atomic mass is 10.1. The van der Waals surface area contributed by atoms with E-state index in [1.165, 1.54) is 6.42 Å². The van der Waals surface area contributed by atoms with Crippen molar-refractivity contribution in [3.05, 3.63) is 41.2 Å². The Labute approximate surface area is 135 Å². The molecule has 22 heavy (non-hydrogen) atoms. The average Bonchev–Trinajstić information content (AvgIpc) is 3.10. The zero-order valence-electron chi connectivity index (χ0n) is 12.7. The highest BCUT2D eigenvalue weighted by atomic mass is 35.5. The number of halogens is 1. The van der Waals surface area contributed by atoms with Crippen molar-refractivity contribution in [2.45, 2.75) is 44.9 Å². The zero-order valence-corrected chi connectivity index (χ0v) is 13.4. The number of likely N-dealkylation sites (tertiary alicyclic amines) is 1. The Kier molecular flexibility index (Phi) is 4.76. The Bertz CT molecular complexity index is 611. The normalized spacial score (nSPS) is 20.4. The zero-order chi connectivity index (χ0) is 15.5. The second-order valence-electron chi connectivity index (χ2n) is 5.98. The maximum atomic E-state index is 9.60. The maximum absolute atomic E-state index is 9.60. The standard InChI is InChI=1S/C16H21ClN4O/c1-12(22)9-16-3-2-8-20(16)10-14-11-21(19-18-14)15-6-4-13(17)5-7-15/h4-7,11-12,16,22H,2-3,8-10H2,1H3. The first-order chi connectivity index (χ1) is 10.6. The van der Waals surface area contributed by atoms with Crippen LogP contribution in [0, 0.1) is 0 Å². The maximum Gasteiger partial charge on any atom is 0.0971 e. The van der Waals surface area contributed by atoms with Crippen molar-refractivity contribution < 1.29 is 5.11 Å². The summed E-state index contributed by atoms with van der Waals surface area (Å²) in [6, 6.07) is 7.98. The second-order valence-corrected chi connectivity index (χ2v) is 6.42.